The van der Waals surface area contributed by atoms with Crippen molar-refractivity contribution in [3.8, 4) is 6.07 Å². The maximum Gasteiger partial charge on any atom is 0.211 e. The molecule has 1 saturated heterocycles. The summed E-state index contributed by atoms with van der Waals surface area (Å²) in [6.45, 7) is 2.21. The zero-order chi connectivity index (χ0) is 13.9. The second-order valence-electron chi connectivity index (χ2n) is 4.49. The van der Waals surface area contributed by atoms with Gasteiger partial charge in [-0.05, 0) is 18.6 Å². The Bertz CT molecular complexity index is 594. The van der Waals surface area contributed by atoms with E-state index in [4.69, 9.17) is 5.26 Å². The number of rotatable bonds is 2. The SMILES string of the molecule is CS(=O)(=O)N1CCCN(c2ncccc2C#N)CC1. The van der Waals surface area contributed by atoms with E-state index in [1.54, 1.807) is 18.3 Å². The van der Waals surface area contributed by atoms with Gasteiger partial charge in [0.05, 0.1) is 11.8 Å². The van der Waals surface area contributed by atoms with Gasteiger partial charge in [0.15, 0.2) is 0 Å². The van der Waals surface area contributed by atoms with E-state index in [2.05, 4.69) is 11.1 Å². The summed E-state index contributed by atoms with van der Waals surface area (Å²) in [5.41, 5.74) is 0.523. The fourth-order valence-electron chi connectivity index (χ4n) is 2.17. The molecule has 0 spiro atoms. The minimum atomic E-state index is -3.15. The summed E-state index contributed by atoms with van der Waals surface area (Å²) in [5.74, 6) is 0.639. The quantitative estimate of drug-likeness (QED) is 0.785. The van der Waals surface area contributed by atoms with Crippen molar-refractivity contribution < 1.29 is 8.42 Å². The van der Waals surface area contributed by atoms with Crippen LogP contribution in [0.15, 0.2) is 18.3 Å². The van der Waals surface area contributed by atoms with Crippen LogP contribution in [0.2, 0.25) is 0 Å². The molecular weight excluding hydrogens is 264 g/mol. The number of sulfonamides is 1. The van der Waals surface area contributed by atoms with Crippen molar-refractivity contribution >= 4 is 15.8 Å². The molecule has 0 unspecified atom stereocenters. The molecule has 102 valence electrons. The fourth-order valence-corrected chi connectivity index (χ4v) is 3.05. The van der Waals surface area contributed by atoms with Crippen LogP contribution in [0.25, 0.3) is 0 Å². The van der Waals surface area contributed by atoms with Crippen molar-refractivity contribution in [2.24, 2.45) is 0 Å². The first-order valence-corrected chi connectivity index (χ1v) is 7.92. The molecule has 1 aliphatic heterocycles. The molecule has 6 nitrogen and oxygen atoms in total. The van der Waals surface area contributed by atoms with Crippen molar-refractivity contribution in [2.45, 2.75) is 6.42 Å². The molecule has 0 amide bonds. The van der Waals surface area contributed by atoms with Crippen molar-refractivity contribution in [1.29, 1.82) is 5.26 Å². The van der Waals surface area contributed by atoms with Gasteiger partial charge < -0.3 is 4.90 Å². The normalized spacial score (nSPS) is 17.8. The van der Waals surface area contributed by atoms with Gasteiger partial charge in [-0.25, -0.2) is 17.7 Å². The van der Waals surface area contributed by atoms with E-state index in [1.165, 1.54) is 10.6 Å². The summed E-state index contributed by atoms with van der Waals surface area (Å²) in [6, 6.07) is 5.57. The maximum absolute atomic E-state index is 11.5. The van der Waals surface area contributed by atoms with Gasteiger partial charge in [-0.2, -0.15) is 5.26 Å². The zero-order valence-corrected chi connectivity index (χ0v) is 11.6. The van der Waals surface area contributed by atoms with Crippen molar-refractivity contribution in [3.05, 3.63) is 23.9 Å². The summed E-state index contributed by atoms with van der Waals surface area (Å²) in [5, 5.41) is 9.08. The number of nitriles is 1. The molecule has 0 N–H and O–H groups in total. The van der Waals surface area contributed by atoms with Crippen LogP contribution in [0.4, 0.5) is 5.82 Å². The molecule has 19 heavy (non-hydrogen) atoms. The standard InChI is InChI=1S/C12H16N4O2S/c1-19(17,18)16-7-3-6-15(8-9-16)12-11(10-13)4-2-5-14-12/h2,4-5H,3,6-9H2,1H3. The Labute approximate surface area is 113 Å². The third-order valence-corrected chi connectivity index (χ3v) is 4.43. The molecule has 2 heterocycles. The van der Waals surface area contributed by atoms with Crippen molar-refractivity contribution in [3.63, 3.8) is 0 Å². The molecule has 0 atom stereocenters. The number of anilines is 1. The molecule has 0 aliphatic carbocycles. The second kappa shape index (κ2) is 5.55. The minimum absolute atomic E-state index is 0.431. The number of nitrogens with zero attached hydrogens (tertiary/aromatic N) is 4. The topological polar surface area (TPSA) is 77.3 Å². The van der Waals surface area contributed by atoms with Gasteiger partial charge >= 0.3 is 0 Å². The maximum atomic E-state index is 11.5. The average Bonchev–Trinajstić information content (AvgIpc) is 2.64. The van der Waals surface area contributed by atoms with Crippen molar-refractivity contribution in [2.75, 3.05) is 37.3 Å². The predicted molar refractivity (Wildman–Crippen MR) is 72.2 cm³/mol. The lowest BCUT2D eigenvalue weighted by Crippen LogP contribution is -2.34. The van der Waals surface area contributed by atoms with Crippen LogP contribution in [0.3, 0.4) is 0 Å². The number of hydrogen-bond donors (Lipinski definition) is 0. The number of aromatic nitrogens is 1. The molecule has 0 bridgehead atoms. The number of pyridine rings is 1. The Morgan fingerprint density at radius 2 is 2.11 bits per heavy atom. The fraction of sp³-hybridized carbons (Fsp3) is 0.500. The molecule has 7 heteroatoms. The van der Waals surface area contributed by atoms with Crippen molar-refractivity contribution in [1.82, 2.24) is 9.29 Å². The summed E-state index contributed by atoms with van der Waals surface area (Å²) in [6.07, 6.45) is 3.61. The predicted octanol–water partition coefficient (Wildman–Crippen LogP) is 0.425. The van der Waals surface area contributed by atoms with Gasteiger partial charge in [0.2, 0.25) is 10.0 Å². The lowest BCUT2D eigenvalue weighted by molar-refractivity contribution is 0.437. The van der Waals surface area contributed by atoms with Gasteiger partial charge in [-0.3, -0.25) is 0 Å². The highest BCUT2D eigenvalue weighted by atomic mass is 32.2. The van der Waals surface area contributed by atoms with E-state index in [0.29, 0.717) is 37.6 Å². The monoisotopic (exact) mass is 280 g/mol. The van der Waals surface area contributed by atoms with Crippen LogP contribution in [-0.4, -0.2) is 50.1 Å². The Kier molecular flexibility index (Phi) is 4.02. The van der Waals surface area contributed by atoms with E-state index in [1.807, 2.05) is 4.90 Å². The Morgan fingerprint density at radius 1 is 1.32 bits per heavy atom. The molecule has 1 aliphatic rings. The highest BCUT2D eigenvalue weighted by Gasteiger charge is 2.22. The highest BCUT2D eigenvalue weighted by Crippen LogP contribution is 2.18. The lowest BCUT2D eigenvalue weighted by Gasteiger charge is -2.22. The van der Waals surface area contributed by atoms with Crippen LogP contribution in [0, 0.1) is 11.3 Å². The smallest absolute Gasteiger partial charge is 0.211 e. The summed E-state index contributed by atoms with van der Waals surface area (Å²) in [7, 11) is -3.15. The molecule has 1 aromatic rings. The van der Waals surface area contributed by atoms with Gasteiger partial charge in [-0.1, -0.05) is 0 Å². The van der Waals surface area contributed by atoms with Crippen LogP contribution in [0.1, 0.15) is 12.0 Å². The van der Waals surface area contributed by atoms with E-state index >= 15 is 0 Å². The Balaban J connectivity index is 2.18. The molecule has 0 saturated carbocycles. The zero-order valence-electron chi connectivity index (χ0n) is 10.8. The number of hydrogen-bond acceptors (Lipinski definition) is 5. The van der Waals surface area contributed by atoms with Crippen LogP contribution in [-0.2, 0) is 10.0 Å². The highest BCUT2D eigenvalue weighted by molar-refractivity contribution is 7.88. The summed E-state index contributed by atoms with van der Waals surface area (Å²) in [4.78, 5) is 6.21. The molecular formula is C12H16N4O2S. The third-order valence-electron chi connectivity index (χ3n) is 3.13. The van der Waals surface area contributed by atoms with E-state index in [0.717, 1.165) is 6.42 Å². The largest absolute Gasteiger partial charge is 0.354 e. The summed E-state index contributed by atoms with van der Waals surface area (Å²) >= 11 is 0. The van der Waals surface area contributed by atoms with E-state index < -0.39 is 10.0 Å². The Hall–Kier alpha value is -1.65. The first-order chi connectivity index (χ1) is 9.02. The summed E-state index contributed by atoms with van der Waals surface area (Å²) < 4.78 is 24.6. The lowest BCUT2D eigenvalue weighted by atomic mass is 10.2. The van der Waals surface area contributed by atoms with Crippen LogP contribution < -0.4 is 4.90 Å². The molecule has 0 aromatic carbocycles. The van der Waals surface area contributed by atoms with Crippen LogP contribution >= 0.6 is 0 Å². The van der Waals surface area contributed by atoms with Gasteiger partial charge in [0, 0.05) is 32.4 Å². The average molecular weight is 280 g/mol. The van der Waals surface area contributed by atoms with Crippen LogP contribution in [0.5, 0.6) is 0 Å². The minimum Gasteiger partial charge on any atom is -0.354 e. The molecule has 0 radical (unpaired) electrons. The van der Waals surface area contributed by atoms with Gasteiger partial charge in [-0.15, -0.1) is 0 Å². The molecule has 2 rings (SSSR count). The second-order valence-corrected chi connectivity index (χ2v) is 6.47. The van der Waals surface area contributed by atoms with Gasteiger partial charge in [0.1, 0.15) is 11.9 Å². The molecule has 1 aromatic heterocycles. The van der Waals surface area contributed by atoms with E-state index in [9.17, 15) is 8.42 Å². The first kappa shape index (κ1) is 13.8. The third kappa shape index (κ3) is 3.22. The molecule has 1 fully saturated rings. The Morgan fingerprint density at radius 3 is 2.79 bits per heavy atom. The first-order valence-electron chi connectivity index (χ1n) is 6.07. The van der Waals surface area contributed by atoms with E-state index in [-0.39, 0.29) is 0 Å². The van der Waals surface area contributed by atoms with Gasteiger partial charge in [0.25, 0.3) is 0 Å².